The van der Waals surface area contributed by atoms with Gasteiger partial charge in [0, 0.05) is 29.8 Å². The highest BCUT2D eigenvalue weighted by atomic mass is 32.2. The van der Waals surface area contributed by atoms with Crippen LogP contribution in [0.5, 0.6) is 0 Å². The Kier molecular flexibility index (Phi) is 7.84. The van der Waals surface area contributed by atoms with Gasteiger partial charge in [-0.05, 0) is 48.4 Å². The fraction of sp³-hybridized carbons (Fsp3) is 0.226. The van der Waals surface area contributed by atoms with E-state index in [0.717, 1.165) is 49.5 Å². The molecule has 0 saturated heterocycles. The standard InChI is InChI=1S/C31H34N6S/c1-3-19-36(31(32)33)20-11-18-34-29-21-23(22-30-35(2)27-16-9-10-17-28(27)38-30)25-14-7-8-15-26(25)37(29)24-12-5-4-6-13-24/h4-10,12-17,21-22H,3,11,18-20H2,1-2H3,(H3,32,33)/p+2. The third-order valence-corrected chi connectivity index (χ3v) is 7.99. The molecule has 1 aromatic heterocycles. The molecule has 7 heteroatoms. The predicted molar refractivity (Wildman–Crippen MR) is 161 cm³/mol. The number of rotatable bonds is 9. The van der Waals surface area contributed by atoms with E-state index in [-0.39, 0.29) is 0 Å². The number of guanidine groups is 1. The molecule has 1 aliphatic rings. The number of nitrogens with two attached hydrogens (primary N) is 2. The van der Waals surface area contributed by atoms with E-state index in [1.807, 2.05) is 16.3 Å². The zero-order valence-electron chi connectivity index (χ0n) is 22.1. The Morgan fingerprint density at radius 3 is 2.47 bits per heavy atom. The maximum Gasteiger partial charge on any atom is 0.341 e. The topological polar surface area (TPSA) is 74.2 Å². The number of nitrogens with one attached hydrogen (secondary N) is 1. The number of anilines is 2. The molecular weight excluding hydrogens is 488 g/mol. The van der Waals surface area contributed by atoms with Crippen molar-refractivity contribution >= 4 is 46.2 Å². The highest BCUT2D eigenvalue weighted by molar-refractivity contribution is 8.03. The van der Waals surface area contributed by atoms with E-state index in [2.05, 4.69) is 120 Å². The molecule has 5 rings (SSSR count). The van der Waals surface area contributed by atoms with Gasteiger partial charge in [-0.2, -0.15) is 4.57 Å². The molecule has 0 radical (unpaired) electrons. The number of fused-ring (bicyclic) bond motifs is 2. The van der Waals surface area contributed by atoms with E-state index in [1.54, 1.807) is 0 Å². The Hall–Kier alpha value is -3.97. The van der Waals surface area contributed by atoms with E-state index in [4.69, 9.17) is 11.5 Å². The average Bonchev–Trinajstić information content (AvgIpc) is 3.25. The predicted octanol–water partition coefficient (Wildman–Crippen LogP) is 5.15. The van der Waals surface area contributed by atoms with Gasteiger partial charge in [0.15, 0.2) is 0 Å². The first kappa shape index (κ1) is 25.7. The van der Waals surface area contributed by atoms with Gasteiger partial charge >= 0.3 is 5.96 Å². The summed E-state index contributed by atoms with van der Waals surface area (Å²) in [4.78, 5) is 3.56. The van der Waals surface area contributed by atoms with Gasteiger partial charge in [-0.15, -0.1) is 0 Å². The van der Waals surface area contributed by atoms with Crippen molar-refractivity contribution in [2.45, 2.75) is 24.7 Å². The van der Waals surface area contributed by atoms with Crippen LogP contribution in [0, 0.1) is 0 Å². The molecule has 0 spiro atoms. The van der Waals surface area contributed by atoms with Crippen LogP contribution in [0.4, 0.5) is 11.5 Å². The fourth-order valence-electron chi connectivity index (χ4n) is 4.94. The molecule has 38 heavy (non-hydrogen) atoms. The Bertz CT molecular complexity index is 1490. The van der Waals surface area contributed by atoms with Crippen LogP contribution in [0.2, 0.25) is 0 Å². The molecule has 0 fully saturated rings. The number of benzene rings is 3. The lowest BCUT2D eigenvalue weighted by Gasteiger charge is -2.16. The first-order valence-electron chi connectivity index (χ1n) is 13.2. The minimum atomic E-state index is 0.394. The number of para-hydroxylation sites is 3. The third-order valence-electron chi connectivity index (χ3n) is 6.82. The number of hydrogen-bond acceptors (Lipinski definition) is 3. The van der Waals surface area contributed by atoms with Gasteiger partial charge in [0.25, 0.3) is 5.82 Å². The maximum absolute atomic E-state index is 5.90. The van der Waals surface area contributed by atoms with Crippen molar-refractivity contribution in [1.82, 2.24) is 0 Å². The molecule has 6 nitrogen and oxygen atoms in total. The smallest absolute Gasteiger partial charge is 0.338 e. The number of pyridine rings is 1. The number of aromatic nitrogens is 1. The molecule has 194 valence electrons. The minimum Gasteiger partial charge on any atom is -0.338 e. The molecule has 4 aromatic rings. The van der Waals surface area contributed by atoms with E-state index in [1.165, 1.54) is 26.6 Å². The van der Waals surface area contributed by atoms with Gasteiger partial charge in [-0.1, -0.05) is 67.2 Å². The fourth-order valence-corrected chi connectivity index (χ4v) is 6.05. The second-order valence-electron chi connectivity index (χ2n) is 9.48. The highest BCUT2D eigenvalue weighted by Gasteiger charge is 2.23. The molecule has 0 unspecified atom stereocenters. The molecule has 0 aliphatic carbocycles. The molecule has 1 aliphatic heterocycles. The first-order valence-corrected chi connectivity index (χ1v) is 14.0. The third kappa shape index (κ3) is 5.34. The van der Waals surface area contributed by atoms with Crippen LogP contribution in [-0.4, -0.2) is 37.2 Å². The zero-order chi connectivity index (χ0) is 26.5. The monoisotopic (exact) mass is 524 g/mol. The lowest BCUT2D eigenvalue weighted by atomic mass is 10.1. The molecule has 5 N–H and O–H groups in total. The van der Waals surface area contributed by atoms with Crippen LogP contribution in [0.25, 0.3) is 22.7 Å². The minimum absolute atomic E-state index is 0.394. The summed E-state index contributed by atoms with van der Waals surface area (Å²) in [5.41, 5.74) is 16.5. The van der Waals surface area contributed by atoms with Crippen LogP contribution in [-0.2, 0) is 0 Å². The van der Waals surface area contributed by atoms with Crippen LogP contribution in [0.3, 0.4) is 0 Å². The van der Waals surface area contributed by atoms with Crippen LogP contribution >= 0.6 is 11.8 Å². The highest BCUT2D eigenvalue weighted by Crippen LogP contribution is 2.45. The molecule has 0 bridgehead atoms. The van der Waals surface area contributed by atoms with Crippen molar-refractivity contribution < 1.29 is 9.14 Å². The lowest BCUT2D eigenvalue weighted by molar-refractivity contribution is -0.551. The van der Waals surface area contributed by atoms with E-state index >= 15 is 0 Å². The quantitative estimate of drug-likeness (QED) is 0.122. The summed E-state index contributed by atoms with van der Waals surface area (Å²) in [5, 5.41) is 6.15. The number of hydrogen-bond donors (Lipinski definition) is 3. The van der Waals surface area contributed by atoms with Gasteiger partial charge < -0.3 is 4.90 Å². The molecule has 0 amide bonds. The molecular formula is C31H36N6S+2. The molecule has 0 atom stereocenters. The van der Waals surface area contributed by atoms with Crippen molar-refractivity contribution in [3.8, 4) is 5.69 Å². The lowest BCUT2D eigenvalue weighted by Crippen LogP contribution is -2.38. The van der Waals surface area contributed by atoms with Crippen LogP contribution in [0.15, 0.2) is 94.9 Å². The maximum atomic E-state index is 5.90. The summed E-state index contributed by atoms with van der Waals surface area (Å²) in [6.07, 6.45) is 4.24. The van der Waals surface area contributed by atoms with Crippen LogP contribution in [0.1, 0.15) is 25.3 Å². The van der Waals surface area contributed by atoms with E-state index in [9.17, 15) is 0 Å². The Balaban J connectivity index is 1.54. The van der Waals surface area contributed by atoms with Gasteiger partial charge in [-0.3, -0.25) is 21.4 Å². The van der Waals surface area contributed by atoms with Crippen LogP contribution < -0.4 is 26.3 Å². The van der Waals surface area contributed by atoms with Crippen molar-refractivity contribution in [3.63, 3.8) is 0 Å². The van der Waals surface area contributed by atoms with E-state index < -0.39 is 0 Å². The molecule has 3 aromatic carbocycles. The van der Waals surface area contributed by atoms with Crippen molar-refractivity contribution in [2.24, 2.45) is 11.5 Å². The summed E-state index contributed by atoms with van der Waals surface area (Å²) >= 11 is 1.81. The Morgan fingerprint density at radius 1 is 0.974 bits per heavy atom. The van der Waals surface area contributed by atoms with Crippen molar-refractivity contribution in [3.05, 3.63) is 95.5 Å². The second-order valence-corrected chi connectivity index (χ2v) is 10.5. The van der Waals surface area contributed by atoms with Crippen molar-refractivity contribution in [1.29, 1.82) is 0 Å². The summed E-state index contributed by atoms with van der Waals surface area (Å²) in [6, 6.07) is 30.0. The summed E-state index contributed by atoms with van der Waals surface area (Å²) in [5.74, 6) is 1.45. The average molecular weight is 525 g/mol. The molecule has 0 saturated carbocycles. The SMILES string of the molecule is CCC[N+](CCCNc1cc(C=C2Sc3ccccc3N2C)c2ccccc2[n+]1-c1ccccc1)=C(N)N. The summed E-state index contributed by atoms with van der Waals surface area (Å²) in [6.45, 7) is 4.63. The summed E-state index contributed by atoms with van der Waals surface area (Å²) < 4.78 is 4.36. The van der Waals surface area contributed by atoms with Gasteiger partial charge in [-0.25, -0.2) is 0 Å². The van der Waals surface area contributed by atoms with Crippen molar-refractivity contribution in [2.75, 3.05) is 36.9 Å². The van der Waals surface area contributed by atoms with Gasteiger partial charge in [0.05, 0.1) is 30.4 Å². The zero-order valence-corrected chi connectivity index (χ0v) is 22.9. The normalized spacial score (nSPS) is 13.6. The Labute approximate surface area is 229 Å². The molecule has 2 heterocycles. The number of nitrogens with zero attached hydrogens (tertiary/aromatic N) is 3. The largest absolute Gasteiger partial charge is 0.341 e. The second kappa shape index (κ2) is 11.6. The van der Waals surface area contributed by atoms with E-state index in [0.29, 0.717) is 5.96 Å². The first-order chi connectivity index (χ1) is 18.6. The number of thioether (sulfide) groups is 1. The Morgan fingerprint density at radius 2 is 1.71 bits per heavy atom. The van der Waals surface area contributed by atoms with Gasteiger partial charge in [0.2, 0.25) is 0 Å². The summed E-state index contributed by atoms with van der Waals surface area (Å²) in [7, 11) is 2.14. The van der Waals surface area contributed by atoms with Gasteiger partial charge in [0.1, 0.15) is 11.2 Å².